The molecule has 0 spiro atoms. The Labute approximate surface area is 83.3 Å². The first-order valence-corrected chi connectivity index (χ1v) is 5.03. The lowest BCUT2D eigenvalue weighted by molar-refractivity contribution is 0.130. The van der Waals surface area contributed by atoms with Gasteiger partial charge in [-0.2, -0.15) is 0 Å². The molecule has 13 heavy (non-hydrogen) atoms. The fourth-order valence-corrected chi connectivity index (χ4v) is 2.24. The van der Waals surface area contributed by atoms with E-state index in [-0.39, 0.29) is 0 Å². The molecule has 1 aliphatic carbocycles. The minimum Gasteiger partial charge on any atom is -0.385 e. The summed E-state index contributed by atoms with van der Waals surface area (Å²) in [7, 11) is 0. The van der Waals surface area contributed by atoms with Gasteiger partial charge in [-0.3, -0.25) is 0 Å². The van der Waals surface area contributed by atoms with Gasteiger partial charge >= 0.3 is 0 Å². The average Bonchev–Trinajstić information content (AvgIpc) is 2.79. The molecule has 70 valence electrons. The Bertz CT molecular complexity index is 324. The fraction of sp³-hybridized carbons (Fsp3) is 0.455. The number of hydrogen-bond acceptors (Lipinski definition) is 1. The summed E-state index contributed by atoms with van der Waals surface area (Å²) in [6.07, 6.45) is 1.87. The highest BCUT2D eigenvalue weighted by Crippen LogP contribution is 2.55. The van der Waals surface area contributed by atoms with Crippen molar-refractivity contribution in [2.24, 2.45) is 5.92 Å². The second-order valence-electron chi connectivity index (χ2n) is 3.71. The van der Waals surface area contributed by atoms with E-state index in [1.54, 1.807) is 0 Å². The molecule has 2 heteroatoms. The highest BCUT2D eigenvalue weighted by molar-refractivity contribution is 6.31. The van der Waals surface area contributed by atoms with E-state index >= 15 is 0 Å². The standard InChI is InChI=1S/C11H13ClO/c1-2-8-7-11(8,13)9-5-3-4-6-10(9)12/h3-6,8,13H,2,7H2,1H3. The third kappa shape index (κ3) is 1.36. The van der Waals surface area contributed by atoms with Crippen molar-refractivity contribution >= 4 is 11.6 Å². The molecule has 1 aliphatic rings. The lowest BCUT2D eigenvalue weighted by Crippen LogP contribution is -2.08. The van der Waals surface area contributed by atoms with Crippen molar-refractivity contribution in [3.05, 3.63) is 34.9 Å². The Morgan fingerprint density at radius 2 is 2.23 bits per heavy atom. The molecule has 0 radical (unpaired) electrons. The Morgan fingerprint density at radius 1 is 1.54 bits per heavy atom. The topological polar surface area (TPSA) is 20.2 Å². The molecule has 1 N–H and O–H groups in total. The lowest BCUT2D eigenvalue weighted by Gasteiger charge is -2.11. The Morgan fingerprint density at radius 3 is 2.77 bits per heavy atom. The zero-order valence-electron chi connectivity index (χ0n) is 7.63. The summed E-state index contributed by atoms with van der Waals surface area (Å²) < 4.78 is 0. The van der Waals surface area contributed by atoms with E-state index in [0.29, 0.717) is 10.9 Å². The maximum absolute atomic E-state index is 10.2. The van der Waals surface area contributed by atoms with Gasteiger partial charge in [0.1, 0.15) is 0 Å². The summed E-state index contributed by atoms with van der Waals surface area (Å²) in [5.41, 5.74) is 0.260. The number of aliphatic hydroxyl groups is 1. The van der Waals surface area contributed by atoms with E-state index in [4.69, 9.17) is 11.6 Å². The summed E-state index contributed by atoms with van der Waals surface area (Å²) in [6, 6.07) is 7.56. The molecule has 0 aliphatic heterocycles. The van der Waals surface area contributed by atoms with Crippen LogP contribution in [0.1, 0.15) is 25.3 Å². The molecule has 1 fully saturated rings. The van der Waals surface area contributed by atoms with Crippen LogP contribution in [-0.4, -0.2) is 5.11 Å². The normalized spacial score (nSPS) is 31.8. The summed E-state index contributed by atoms with van der Waals surface area (Å²) in [6.45, 7) is 2.10. The fourth-order valence-electron chi connectivity index (χ4n) is 1.94. The van der Waals surface area contributed by atoms with Crippen molar-refractivity contribution in [3.63, 3.8) is 0 Å². The van der Waals surface area contributed by atoms with Gasteiger partial charge in [0.25, 0.3) is 0 Å². The first-order valence-electron chi connectivity index (χ1n) is 4.66. The quantitative estimate of drug-likeness (QED) is 0.771. The second kappa shape index (κ2) is 3.00. The maximum Gasteiger partial charge on any atom is 0.0943 e. The van der Waals surface area contributed by atoms with Crippen molar-refractivity contribution < 1.29 is 5.11 Å². The van der Waals surface area contributed by atoms with Crippen LogP contribution in [0, 0.1) is 5.92 Å². The molecule has 1 nitrogen and oxygen atoms in total. The molecular formula is C11H13ClO. The molecular weight excluding hydrogens is 184 g/mol. The number of halogens is 1. The van der Waals surface area contributed by atoms with Crippen LogP contribution in [0.4, 0.5) is 0 Å². The summed E-state index contributed by atoms with van der Waals surface area (Å²) in [5, 5.41) is 10.8. The first kappa shape index (κ1) is 9.04. The smallest absolute Gasteiger partial charge is 0.0943 e. The van der Waals surface area contributed by atoms with E-state index < -0.39 is 5.60 Å². The van der Waals surface area contributed by atoms with Crippen molar-refractivity contribution in [1.82, 2.24) is 0 Å². The molecule has 1 saturated carbocycles. The molecule has 1 aromatic carbocycles. The molecule has 0 amide bonds. The average molecular weight is 197 g/mol. The van der Waals surface area contributed by atoms with Crippen LogP contribution in [0.25, 0.3) is 0 Å². The van der Waals surface area contributed by atoms with Gasteiger partial charge in [0, 0.05) is 10.6 Å². The van der Waals surface area contributed by atoms with E-state index in [9.17, 15) is 5.11 Å². The number of rotatable bonds is 2. The van der Waals surface area contributed by atoms with Gasteiger partial charge in [-0.1, -0.05) is 43.1 Å². The van der Waals surface area contributed by atoms with Crippen LogP contribution in [0.3, 0.4) is 0 Å². The van der Waals surface area contributed by atoms with Crippen LogP contribution < -0.4 is 0 Å². The van der Waals surface area contributed by atoms with E-state index in [1.807, 2.05) is 24.3 Å². The maximum atomic E-state index is 10.2. The third-order valence-electron chi connectivity index (χ3n) is 2.91. The predicted octanol–water partition coefficient (Wildman–Crippen LogP) is 2.96. The minimum atomic E-state index is -0.632. The molecule has 0 heterocycles. The Balaban J connectivity index is 2.32. The van der Waals surface area contributed by atoms with E-state index in [2.05, 4.69) is 6.92 Å². The van der Waals surface area contributed by atoms with Crippen molar-refractivity contribution in [2.45, 2.75) is 25.4 Å². The zero-order chi connectivity index (χ0) is 9.47. The van der Waals surface area contributed by atoms with Crippen LogP contribution >= 0.6 is 11.6 Å². The highest BCUT2D eigenvalue weighted by atomic mass is 35.5. The molecule has 1 aromatic rings. The monoisotopic (exact) mass is 196 g/mol. The Hall–Kier alpha value is -0.530. The predicted molar refractivity (Wildman–Crippen MR) is 53.7 cm³/mol. The van der Waals surface area contributed by atoms with Gasteiger partial charge in [-0.05, 0) is 18.4 Å². The molecule has 0 aromatic heterocycles. The van der Waals surface area contributed by atoms with Crippen molar-refractivity contribution in [2.75, 3.05) is 0 Å². The van der Waals surface area contributed by atoms with E-state index in [1.165, 1.54) is 0 Å². The third-order valence-corrected chi connectivity index (χ3v) is 3.24. The van der Waals surface area contributed by atoms with Crippen LogP contribution in [0.2, 0.25) is 5.02 Å². The molecule has 2 atom stereocenters. The summed E-state index contributed by atoms with van der Waals surface area (Å²) >= 11 is 6.01. The zero-order valence-corrected chi connectivity index (χ0v) is 8.38. The van der Waals surface area contributed by atoms with Crippen LogP contribution in [-0.2, 0) is 5.60 Å². The van der Waals surface area contributed by atoms with Crippen molar-refractivity contribution in [1.29, 1.82) is 0 Å². The largest absolute Gasteiger partial charge is 0.385 e. The Kier molecular flexibility index (Phi) is 2.09. The van der Waals surface area contributed by atoms with Gasteiger partial charge in [0.15, 0.2) is 0 Å². The molecule has 0 saturated heterocycles. The van der Waals surface area contributed by atoms with Crippen molar-refractivity contribution in [3.8, 4) is 0 Å². The second-order valence-corrected chi connectivity index (χ2v) is 4.12. The van der Waals surface area contributed by atoms with Crippen LogP contribution in [0.15, 0.2) is 24.3 Å². The lowest BCUT2D eigenvalue weighted by atomic mass is 10.0. The van der Waals surface area contributed by atoms with Gasteiger partial charge in [-0.25, -0.2) is 0 Å². The summed E-state index contributed by atoms with van der Waals surface area (Å²) in [5.74, 6) is 0.396. The first-order chi connectivity index (χ1) is 6.18. The molecule has 2 rings (SSSR count). The number of benzene rings is 1. The van der Waals surface area contributed by atoms with Crippen LogP contribution in [0.5, 0.6) is 0 Å². The van der Waals surface area contributed by atoms with Gasteiger partial charge in [0.2, 0.25) is 0 Å². The highest BCUT2D eigenvalue weighted by Gasteiger charge is 2.53. The van der Waals surface area contributed by atoms with E-state index in [0.717, 1.165) is 18.4 Å². The SMILES string of the molecule is CCC1CC1(O)c1ccccc1Cl. The van der Waals surface area contributed by atoms with Gasteiger partial charge in [0.05, 0.1) is 5.60 Å². The minimum absolute atomic E-state index is 0.396. The van der Waals surface area contributed by atoms with Gasteiger partial charge < -0.3 is 5.11 Å². The summed E-state index contributed by atoms with van der Waals surface area (Å²) in [4.78, 5) is 0. The molecule has 2 unspecified atom stereocenters. The number of hydrogen-bond donors (Lipinski definition) is 1. The molecule has 0 bridgehead atoms. The van der Waals surface area contributed by atoms with Gasteiger partial charge in [-0.15, -0.1) is 0 Å².